The number of aromatic nitrogens is 4. The number of hydrogen-bond donors (Lipinski definition) is 0. The summed E-state index contributed by atoms with van der Waals surface area (Å²) in [5, 5.41) is 5.46. The van der Waals surface area contributed by atoms with Crippen LogP contribution in [0.25, 0.3) is 4.96 Å². The Morgan fingerprint density at radius 2 is 1.76 bits per heavy atom. The predicted octanol–water partition coefficient (Wildman–Crippen LogP) is 1.99. The van der Waals surface area contributed by atoms with E-state index in [2.05, 4.69) is 19.9 Å². The van der Waals surface area contributed by atoms with Gasteiger partial charge in [-0.25, -0.2) is 9.97 Å². The Labute approximate surface area is 202 Å². The number of amides is 1. The van der Waals surface area contributed by atoms with Crippen molar-refractivity contribution in [3.63, 3.8) is 0 Å². The molecule has 6 rings (SSSR count). The van der Waals surface area contributed by atoms with Crippen molar-refractivity contribution in [3.8, 4) is 0 Å². The van der Waals surface area contributed by atoms with Gasteiger partial charge in [0.25, 0.3) is 5.56 Å². The van der Waals surface area contributed by atoms with Gasteiger partial charge >= 0.3 is 0 Å². The second kappa shape index (κ2) is 8.98. The molecule has 0 atom stereocenters. The summed E-state index contributed by atoms with van der Waals surface area (Å²) in [4.78, 5) is 42.4. The van der Waals surface area contributed by atoms with Crippen molar-refractivity contribution in [1.29, 1.82) is 0 Å². The number of pyridine rings is 1. The van der Waals surface area contributed by atoms with Gasteiger partial charge < -0.3 is 14.7 Å². The van der Waals surface area contributed by atoms with Gasteiger partial charge in [-0.1, -0.05) is 17.4 Å². The molecule has 0 saturated carbocycles. The number of hydrogen-bond acceptors (Lipinski definition) is 8. The van der Waals surface area contributed by atoms with Gasteiger partial charge in [-0.2, -0.15) is 4.52 Å². The highest BCUT2D eigenvalue weighted by Gasteiger charge is 2.32. The molecule has 3 aliphatic rings. The van der Waals surface area contributed by atoms with E-state index < -0.39 is 0 Å². The van der Waals surface area contributed by atoms with Crippen molar-refractivity contribution >= 4 is 33.2 Å². The number of rotatable bonds is 3. The molecule has 2 fully saturated rings. The number of piperidine rings is 1. The largest absolute Gasteiger partial charge is 0.353 e. The standard InChI is InChI=1S/C24H29N7O2S/c32-21(29-15-13-28(14-16-29)20-7-3-4-10-25-20)17-8-11-30(12-9-17)24-27-31-22(33)18-5-1-2-6-19(18)26-23(31)34-24/h3-4,7,10,17H,1-2,5-6,8-9,11-16H2. The summed E-state index contributed by atoms with van der Waals surface area (Å²) in [6, 6.07) is 5.94. The highest BCUT2D eigenvalue weighted by molar-refractivity contribution is 7.20. The molecule has 9 nitrogen and oxygen atoms in total. The van der Waals surface area contributed by atoms with Gasteiger partial charge in [0, 0.05) is 56.9 Å². The molecule has 0 bridgehead atoms. The molecule has 0 aromatic carbocycles. The molecule has 3 aromatic heterocycles. The highest BCUT2D eigenvalue weighted by Crippen LogP contribution is 2.29. The Kier molecular flexibility index (Phi) is 5.68. The fraction of sp³-hybridized carbons (Fsp3) is 0.542. The zero-order valence-electron chi connectivity index (χ0n) is 19.2. The first kappa shape index (κ1) is 21.5. The summed E-state index contributed by atoms with van der Waals surface area (Å²) in [6.45, 7) is 4.68. The first-order valence-electron chi connectivity index (χ1n) is 12.3. The Morgan fingerprint density at radius 3 is 2.53 bits per heavy atom. The van der Waals surface area contributed by atoms with Gasteiger partial charge in [0.1, 0.15) is 5.82 Å². The van der Waals surface area contributed by atoms with Gasteiger partial charge in [-0.3, -0.25) is 9.59 Å². The topological polar surface area (TPSA) is 86.9 Å². The molecule has 0 spiro atoms. The summed E-state index contributed by atoms with van der Waals surface area (Å²) in [5.41, 5.74) is 1.80. The van der Waals surface area contributed by atoms with E-state index in [9.17, 15) is 9.59 Å². The monoisotopic (exact) mass is 479 g/mol. The number of nitrogens with zero attached hydrogens (tertiary/aromatic N) is 7. The Balaban J connectivity index is 1.08. The molecule has 1 amide bonds. The smallest absolute Gasteiger partial charge is 0.278 e. The molecule has 2 aliphatic heterocycles. The second-order valence-electron chi connectivity index (χ2n) is 9.39. The number of piperazine rings is 1. The molecule has 5 heterocycles. The van der Waals surface area contributed by atoms with E-state index in [0.717, 1.165) is 100 Å². The van der Waals surface area contributed by atoms with Crippen molar-refractivity contribution in [2.45, 2.75) is 38.5 Å². The van der Waals surface area contributed by atoms with E-state index in [0.29, 0.717) is 4.96 Å². The normalized spacial score (nSPS) is 19.5. The van der Waals surface area contributed by atoms with Gasteiger partial charge in [0.15, 0.2) is 0 Å². The lowest BCUT2D eigenvalue weighted by molar-refractivity contribution is -0.136. The first-order chi connectivity index (χ1) is 16.7. The number of anilines is 2. The zero-order chi connectivity index (χ0) is 23.1. The Hall–Kier alpha value is -3.01. The van der Waals surface area contributed by atoms with E-state index in [4.69, 9.17) is 4.98 Å². The van der Waals surface area contributed by atoms with Crippen molar-refractivity contribution in [2.75, 3.05) is 49.1 Å². The summed E-state index contributed by atoms with van der Waals surface area (Å²) < 4.78 is 1.49. The van der Waals surface area contributed by atoms with Crippen LogP contribution in [0.2, 0.25) is 0 Å². The highest BCUT2D eigenvalue weighted by atomic mass is 32.1. The first-order valence-corrected chi connectivity index (χ1v) is 13.1. The van der Waals surface area contributed by atoms with Crippen LogP contribution in [0.15, 0.2) is 29.2 Å². The van der Waals surface area contributed by atoms with E-state index in [1.165, 1.54) is 15.9 Å². The number of aryl methyl sites for hydroxylation is 1. The minimum Gasteiger partial charge on any atom is -0.353 e. The van der Waals surface area contributed by atoms with Crippen LogP contribution in [0.3, 0.4) is 0 Å². The van der Waals surface area contributed by atoms with Crippen LogP contribution in [-0.2, 0) is 17.6 Å². The van der Waals surface area contributed by atoms with E-state index in [1.807, 2.05) is 29.3 Å². The molecule has 2 saturated heterocycles. The maximum atomic E-state index is 13.2. The van der Waals surface area contributed by atoms with Crippen LogP contribution >= 0.6 is 11.3 Å². The van der Waals surface area contributed by atoms with E-state index >= 15 is 0 Å². The summed E-state index contributed by atoms with van der Waals surface area (Å²) in [5.74, 6) is 1.31. The average Bonchev–Trinajstić information content (AvgIpc) is 3.34. The number of carbonyl (C=O) groups excluding carboxylic acids is 1. The third-order valence-electron chi connectivity index (χ3n) is 7.35. The van der Waals surface area contributed by atoms with Gasteiger partial charge in [-0.15, -0.1) is 5.10 Å². The maximum absolute atomic E-state index is 13.2. The van der Waals surface area contributed by atoms with Crippen LogP contribution < -0.4 is 15.4 Å². The average molecular weight is 480 g/mol. The lowest BCUT2D eigenvalue weighted by atomic mass is 9.95. The molecule has 0 N–H and O–H groups in total. The molecular formula is C24H29N7O2S. The summed E-state index contributed by atoms with van der Waals surface area (Å²) >= 11 is 1.49. The lowest BCUT2D eigenvalue weighted by Gasteiger charge is -2.38. The van der Waals surface area contributed by atoms with Crippen molar-refractivity contribution in [2.24, 2.45) is 5.92 Å². The molecule has 34 heavy (non-hydrogen) atoms. The van der Waals surface area contributed by atoms with E-state index in [1.54, 1.807) is 0 Å². The minimum absolute atomic E-state index is 0.00268. The van der Waals surface area contributed by atoms with Gasteiger partial charge in [-0.05, 0) is 50.7 Å². The van der Waals surface area contributed by atoms with Gasteiger partial charge in [0.2, 0.25) is 16.0 Å². The molecule has 1 aliphatic carbocycles. The fourth-order valence-corrected chi connectivity index (χ4v) is 6.33. The van der Waals surface area contributed by atoms with E-state index in [-0.39, 0.29) is 17.4 Å². The van der Waals surface area contributed by atoms with Crippen LogP contribution in [0.1, 0.15) is 36.9 Å². The van der Waals surface area contributed by atoms with Crippen LogP contribution in [0, 0.1) is 5.92 Å². The van der Waals surface area contributed by atoms with Crippen molar-refractivity contribution in [3.05, 3.63) is 46.0 Å². The van der Waals surface area contributed by atoms with Crippen molar-refractivity contribution < 1.29 is 4.79 Å². The quantitative estimate of drug-likeness (QED) is 0.568. The fourth-order valence-electron chi connectivity index (χ4n) is 5.36. The van der Waals surface area contributed by atoms with Gasteiger partial charge in [0.05, 0.1) is 5.69 Å². The number of fused-ring (bicyclic) bond motifs is 2. The third kappa shape index (κ3) is 3.93. The summed E-state index contributed by atoms with van der Waals surface area (Å²) in [7, 11) is 0. The van der Waals surface area contributed by atoms with Crippen LogP contribution in [0.5, 0.6) is 0 Å². The molecule has 10 heteroatoms. The molecule has 0 radical (unpaired) electrons. The lowest BCUT2D eigenvalue weighted by Crippen LogP contribution is -2.51. The number of carbonyl (C=O) groups is 1. The predicted molar refractivity (Wildman–Crippen MR) is 132 cm³/mol. The molecule has 3 aromatic rings. The minimum atomic E-state index is -0.00268. The molecule has 0 unspecified atom stereocenters. The Morgan fingerprint density at radius 1 is 0.971 bits per heavy atom. The zero-order valence-corrected chi connectivity index (χ0v) is 20.0. The summed E-state index contributed by atoms with van der Waals surface area (Å²) in [6.07, 6.45) is 7.28. The third-order valence-corrected chi connectivity index (χ3v) is 8.32. The molecular weight excluding hydrogens is 450 g/mol. The SMILES string of the molecule is O=C(C1CCN(c2nn3c(=O)c4c(nc3s2)CCCC4)CC1)N1CCN(c2ccccn2)CC1. The van der Waals surface area contributed by atoms with Crippen LogP contribution in [-0.4, -0.2) is 69.7 Å². The molecule has 178 valence electrons. The Bertz CT molecular complexity index is 1240. The second-order valence-corrected chi connectivity index (χ2v) is 10.3. The van der Waals surface area contributed by atoms with Crippen molar-refractivity contribution in [1.82, 2.24) is 24.5 Å². The van der Waals surface area contributed by atoms with Crippen LogP contribution in [0.4, 0.5) is 10.9 Å². The maximum Gasteiger partial charge on any atom is 0.278 e.